The molecule has 17 heavy (non-hydrogen) atoms. The molecule has 1 nitrogen and oxygen atoms in total. The van der Waals surface area contributed by atoms with Crippen LogP contribution in [-0.4, -0.2) is 6.10 Å². The van der Waals surface area contributed by atoms with Gasteiger partial charge in [0.1, 0.15) is 0 Å². The molecule has 2 unspecified atom stereocenters. The zero-order chi connectivity index (χ0) is 12.5. The first-order chi connectivity index (χ1) is 8.00. The summed E-state index contributed by atoms with van der Waals surface area (Å²) in [5.74, 6) is 0. The Labute approximate surface area is 98.6 Å². The van der Waals surface area contributed by atoms with Crippen LogP contribution in [0.5, 0.6) is 0 Å². The number of halogens is 3. The van der Waals surface area contributed by atoms with Crippen molar-refractivity contribution in [3.8, 4) is 0 Å². The van der Waals surface area contributed by atoms with E-state index in [4.69, 9.17) is 4.74 Å². The van der Waals surface area contributed by atoms with Crippen molar-refractivity contribution in [1.29, 1.82) is 0 Å². The molecule has 1 fully saturated rings. The van der Waals surface area contributed by atoms with Crippen molar-refractivity contribution < 1.29 is 17.9 Å². The molecule has 0 bridgehead atoms. The Morgan fingerprint density at radius 1 is 1.18 bits per heavy atom. The van der Waals surface area contributed by atoms with Crippen LogP contribution in [0.4, 0.5) is 13.2 Å². The molecule has 0 saturated carbocycles. The molecule has 0 N–H and O–H groups in total. The lowest BCUT2D eigenvalue weighted by Gasteiger charge is -2.14. The van der Waals surface area contributed by atoms with E-state index in [1.807, 2.05) is 0 Å². The van der Waals surface area contributed by atoms with Gasteiger partial charge in [0.15, 0.2) is 0 Å². The van der Waals surface area contributed by atoms with Crippen LogP contribution in [0.3, 0.4) is 0 Å². The topological polar surface area (TPSA) is 9.23 Å². The maximum atomic E-state index is 12.4. The lowest BCUT2D eigenvalue weighted by Crippen LogP contribution is -2.06. The van der Waals surface area contributed by atoms with Crippen molar-refractivity contribution in [2.24, 2.45) is 0 Å². The summed E-state index contributed by atoms with van der Waals surface area (Å²) in [5.41, 5.74) is 0.236. The number of hydrogen-bond acceptors (Lipinski definition) is 1. The Bertz CT molecular complexity index is 369. The van der Waals surface area contributed by atoms with E-state index < -0.39 is 11.7 Å². The van der Waals surface area contributed by atoms with E-state index >= 15 is 0 Å². The highest BCUT2D eigenvalue weighted by atomic mass is 19.4. The van der Waals surface area contributed by atoms with Gasteiger partial charge in [-0.2, -0.15) is 13.2 Å². The molecule has 1 aliphatic heterocycles. The van der Waals surface area contributed by atoms with Gasteiger partial charge in [0.05, 0.1) is 17.8 Å². The molecule has 1 aromatic rings. The van der Waals surface area contributed by atoms with Crippen molar-refractivity contribution in [3.63, 3.8) is 0 Å². The van der Waals surface area contributed by atoms with Crippen LogP contribution in [0, 0.1) is 0 Å². The number of rotatable bonds is 2. The van der Waals surface area contributed by atoms with Crippen LogP contribution in [0.25, 0.3) is 0 Å². The minimum atomic E-state index is -4.26. The van der Waals surface area contributed by atoms with E-state index in [1.54, 1.807) is 0 Å². The second-order valence-electron chi connectivity index (χ2n) is 4.35. The minimum Gasteiger partial charge on any atom is -0.370 e. The van der Waals surface area contributed by atoms with Crippen molar-refractivity contribution in [3.05, 3.63) is 35.4 Å². The summed E-state index contributed by atoms with van der Waals surface area (Å²) in [6.45, 7) is 2.06. The lowest BCUT2D eigenvalue weighted by molar-refractivity contribution is -0.137. The highest BCUT2D eigenvalue weighted by molar-refractivity contribution is 5.26. The predicted octanol–water partition coefficient (Wildman–Crippen LogP) is 4.34. The van der Waals surface area contributed by atoms with Gasteiger partial charge in [-0.1, -0.05) is 19.1 Å². The van der Waals surface area contributed by atoms with E-state index in [9.17, 15) is 13.2 Å². The minimum absolute atomic E-state index is 0.0396. The highest BCUT2D eigenvalue weighted by Crippen LogP contribution is 2.35. The first-order valence-corrected chi connectivity index (χ1v) is 5.83. The summed E-state index contributed by atoms with van der Waals surface area (Å²) in [7, 11) is 0. The Morgan fingerprint density at radius 3 is 2.29 bits per heavy atom. The Kier molecular flexibility index (Phi) is 3.43. The average Bonchev–Trinajstić information content (AvgIpc) is 2.76. The first-order valence-electron chi connectivity index (χ1n) is 5.83. The quantitative estimate of drug-likeness (QED) is 0.752. The highest BCUT2D eigenvalue weighted by Gasteiger charge is 2.31. The summed E-state index contributed by atoms with van der Waals surface area (Å²) in [6, 6.07) is 5.28. The van der Waals surface area contributed by atoms with Crippen LogP contribution < -0.4 is 0 Å². The van der Waals surface area contributed by atoms with Crippen LogP contribution >= 0.6 is 0 Å². The van der Waals surface area contributed by atoms with E-state index in [1.165, 1.54) is 12.1 Å². The molecule has 94 valence electrons. The molecule has 1 aliphatic rings. The van der Waals surface area contributed by atoms with Crippen molar-refractivity contribution in [1.82, 2.24) is 0 Å². The molecule has 1 aromatic carbocycles. The largest absolute Gasteiger partial charge is 0.416 e. The lowest BCUT2D eigenvalue weighted by atomic mass is 10.0. The van der Waals surface area contributed by atoms with Gasteiger partial charge in [0, 0.05) is 0 Å². The number of alkyl halides is 3. The van der Waals surface area contributed by atoms with Crippen LogP contribution in [0.1, 0.15) is 43.4 Å². The second-order valence-corrected chi connectivity index (χ2v) is 4.35. The third kappa shape index (κ3) is 2.80. The summed E-state index contributed by atoms with van der Waals surface area (Å²) in [5, 5.41) is 0. The maximum Gasteiger partial charge on any atom is 0.416 e. The van der Waals surface area contributed by atoms with Crippen LogP contribution in [0.15, 0.2) is 24.3 Å². The predicted molar refractivity (Wildman–Crippen MR) is 58.6 cm³/mol. The molecule has 2 rings (SSSR count). The summed E-state index contributed by atoms with van der Waals surface area (Å²) in [6.07, 6.45) is -1.21. The van der Waals surface area contributed by atoms with Crippen molar-refractivity contribution >= 4 is 0 Å². The molecule has 1 saturated heterocycles. The zero-order valence-corrected chi connectivity index (χ0v) is 9.63. The standard InChI is InChI=1S/C13H15F3O/c1-2-11-7-8-12(17-11)9-3-5-10(6-4-9)13(14,15)16/h3-6,11-12H,2,7-8H2,1H3. The molecule has 0 amide bonds. The normalized spacial score (nSPS) is 25.2. The van der Waals surface area contributed by atoms with Gasteiger partial charge in [-0.15, -0.1) is 0 Å². The van der Waals surface area contributed by atoms with Crippen molar-refractivity contribution in [2.45, 2.75) is 44.6 Å². The van der Waals surface area contributed by atoms with Crippen LogP contribution in [-0.2, 0) is 10.9 Å². The SMILES string of the molecule is CCC1CCC(c2ccc(C(F)(F)F)cc2)O1. The fourth-order valence-electron chi connectivity index (χ4n) is 2.14. The fourth-order valence-corrected chi connectivity index (χ4v) is 2.14. The Hall–Kier alpha value is -1.03. The summed E-state index contributed by atoms with van der Waals surface area (Å²) < 4.78 is 42.9. The maximum absolute atomic E-state index is 12.4. The fraction of sp³-hybridized carbons (Fsp3) is 0.538. The molecular formula is C13H15F3O. The van der Waals surface area contributed by atoms with Crippen LogP contribution in [0.2, 0.25) is 0 Å². The van der Waals surface area contributed by atoms with E-state index in [2.05, 4.69) is 6.92 Å². The average molecular weight is 244 g/mol. The van der Waals surface area contributed by atoms with E-state index in [-0.39, 0.29) is 12.2 Å². The van der Waals surface area contributed by atoms with Gasteiger partial charge in [0.25, 0.3) is 0 Å². The monoisotopic (exact) mass is 244 g/mol. The number of ether oxygens (including phenoxy) is 1. The molecule has 0 aromatic heterocycles. The Balaban J connectivity index is 2.09. The van der Waals surface area contributed by atoms with Gasteiger partial charge in [-0.25, -0.2) is 0 Å². The zero-order valence-electron chi connectivity index (χ0n) is 9.63. The van der Waals surface area contributed by atoms with Gasteiger partial charge >= 0.3 is 6.18 Å². The molecule has 0 aliphatic carbocycles. The third-order valence-electron chi connectivity index (χ3n) is 3.17. The van der Waals surface area contributed by atoms with Gasteiger partial charge in [0.2, 0.25) is 0 Å². The first kappa shape index (κ1) is 12.4. The molecular weight excluding hydrogens is 229 g/mol. The third-order valence-corrected chi connectivity index (χ3v) is 3.17. The smallest absolute Gasteiger partial charge is 0.370 e. The number of benzene rings is 1. The number of hydrogen-bond donors (Lipinski definition) is 0. The molecule has 0 spiro atoms. The van der Waals surface area contributed by atoms with Crippen molar-refractivity contribution in [2.75, 3.05) is 0 Å². The molecule has 4 heteroatoms. The van der Waals surface area contributed by atoms with E-state index in [0.29, 0.717) is 0 Å². The van der Waals surface area contributed by atoms with Gasteiger partial charge in [-0.05, 0) is 37.0 Å². The van der Waals surface area contributed by atoms with E-state index in [0.717, 1.165) is 37.0 Å². The van der Waals surface area contributed by atoms with Gasteiger partial charge < -0.3 is 4.74 Å². The molecule has 2 atom stereocenters. The Morgan fingerprint density at radius 2 is 1.82 bits per heavy atom. The molecule has 1 heterocycles. The second kappa shape index (κ2) is 4.69. The molecule has 0 radical (unpaired) electrons. The summed E-state index contributed by atoms with van der Waals surface area (Å²) >= 11 is 0. The summed E-state index contributed by atoms with van der Waals surface area (Å²) in [4.78, 5) is 0. The van der Waals surface area contributed by atoms with Gasteiger partial charge in [-0.3, -0.25) is 0 Å².